The van der Waals surface area contributed by atoms with E-state index >= 15 is 0 Å². The highest BCUT2D eigenvalue weighted by molar-refractivity contribution is 5.07. The van der Waals surface area contributed by atoms with E-state index in [4.69, 9.17) is 0 Å². The zero-order valence-corrected chi connectivity index (χ0v) is 11.6. The van der Waals surface area contributed by atoms with Crippen LogP contribution in [0.15, 0.2) is 55.0 Å². The molecular formula is C15H16N6. The minimum Gasteiger partial charge on any atom is -0.286 e. The number of nitrogens with one attached hydrogen (secondary N) is 1. The number of rotatable bonds is 6. The molecule has 0 aliphatic rings. The Hall–Kier alpha value is -2.60. The number of hydrogen-bond acceptors (Lipinski definition) is 5. The Kier molecular flexibility index (Phi) is 4.28. The maximum absolute atomic E-state index is 4.38. The molecular weight excluding hydrogens is 264 g/mol. The van der Waals surface area contributed by atoms with Gasteiger partial charge in [0.15, 0.2) is 0 Å². The second-order valence-electron chi connectivity index (χ2n) is 4.75. The van der Waals surface area contributed by atoms with Crippen LogP contribution in [0.5, 0.6) is 0 Å². The van der Waals surface area contributed by atoms with Crippen molar-refractivity contribution in [3.63, 3.8) is 0 Å². The van der Waals surface area contributed by atoms with E-state index in [-0.39, 0.29) is 0 Å². The SMILES string of the molecule is c1ccc(CN(Cc2ccccn2)Cc2cn[nH]n2)nc1. The summed E-state index contributed by atoms with van der Waals surface area (Å²) in [7, 11) is 0. The normalized spacial score (nSPS) is 10.9. The monoisotopic (exact) mass is 280 g/mol. The lowest BCUT2D eigenvalue weighted by Gasteiger charge is -2.20. The standard InChI is InChI=1S/C15H16N6/c1-3-7-16-13(5-1)10-21(12-15-9-18-20-19-15)11-14-6-2-4-8-17-14/h1-9H,10-12H2,(H,18,19,20). The van der Waals surface area contributed by atoms with Crippen molar-refractivity contribution in [2.24, 2.45) is 0 Å². The number of H-pyrrole nitrogens is 1. The van der Waals surface area contributed by atoms with Crippen molar-refractivity contribution in [1.82, 2.24) is 30.3 Å². The van der Waals surface area contributed by atoms with Gasteiger partial charge in [-0.3, -0.25) is 14.9 Å². The molecule has 21 heavy (non-hydrogen) atoms. The maximum Gasteiger partial charge on any atom is 0.0964 e. The highest BCUT2D eigenvalue weighted by Gasteiger charge is 2.11. The fraction of sp³-hybridized carbons (Fsp3) is 0.200. The van der Waals surface area contributed by atoms with E-state index in [0.717, 1.165) is 30.2 Å². The summed E-state index contributed by atoms with van der Waals surface area (Å²) in [4.78, 5) is 11.0. The van der Waals surface area contributed by atoms with Crippen LogP contribution in [0.25, 0.3) is 0 Å². The van der Waals surface area contributed by atoms with Gasteiger partial charge in [0, 0.05) is 32.0 Å². The van der Waals surface area contributed by atoms with Gasteiger partial charge in [-0.05, 0) is 24.3 Å². The van der Waals surface area contributed by atoms with Gasteiger partial charge in [-0.2, -0.15) is 15.4 Å². The average molecular weight is 280 g/mol. The van der Waals surface area contributed by atoms with E-state index in [2.05, 4.69) is 30.3 Å². The zero-order chi connectivity index (χ0) is 14.3. The van der Waals surface area contributed by atoms with Crippen LogP contribution in [0.3, 0.4) is 0 Å². The maximum atomic E-state index is 4.38. The zero-order valence-electron chi connectivity index (χ0n) is 11.6. The summed E-state index contributed by atoms with van der Waals surface area (Å²) in [5.74, 6) is 0. The Bertz CT molecular complexity index is 597. The van der Waals surface area contributed by atoms with Gasteiger partial charge in [-0.1, -0.05) is 12.1 Å². The van der Waals surface area contributed by atoms with Gasteiger partial charge in [-0.15, -0.1) is 0 Å². The van der Waals surface area contributed by atoms with E-state index in [1.54, 1.807) is 6.20 Å². The topological polar surface area (TPSA) is 70.6 Å². The van der Waals surface area contributed by atoms with Crippen LogP contribution in [-0.2, 0) is 19.6 Å². The van der Waals surface area contributed by atoms with Gasteiger partial charge >= 0.3 is 0 Å². The largest absolute Gasteiger partial charge is 0.286 e. The Balaban J connectivity index is 1.74. The molecule has 0 atom stereocenters. The summed E-state index contributed by atoms with van der Waals surface area (Å²) in [6, 6.07) is 11.9. The summed E-state index contributed by atoms with van der Waals surface area (Å²) in [6.45, 7) is 2.18. The van der Waals surface area contributed by atoms with Gasteiger partial charge in [0.2, 0.25) is 0 Å². The first-order chi connectivity index (χ1) is 10.4. The Morgan fingerprint density at radius 2 is 1.43 bits per heavy atom. The van der Waals surface area contributed by atoms with E-state index in [0.29, 0.717) is 6.54 Å². The number of pyridine rings is 2. The molecule has 3 aromatic heterocycles. The van der Waals surface area contributed by atoms with Crippen LogP contribution in [-0.4, -0.2) is 30.3 Å². The van der Waals surface area contributed by atoms with E-state index < -0.39 is 0 Å². The minimum atomic E-state index is 0.698. The lowest BCUT2D eigenvalue weighted by atomic mass is 10.2. The molecule has 0 amide bonds. The molecule has 0 fully saturated rings. The molecule has 6 heteroatoms. The molecule has 0 saturated carbocycles. The molecule has 0 aliphatic heterocycles. The molecule has 3 heterocycles. The van der Waals surface area contributed by atoms with Gasteiger partial charge < -0.3 is 0 Å². The fourth-order valence-corrected chi connectivity index (χ4v) is 2.14. The Morgan fingerprint density at radius 1 is 0.810 bits per heavy atom. The van der Waals surface area contributed by atoms with Crippen LogP contribution in [0.2, 0.25) is 0 Å². The first-order valence-electron chi connectivity index (χ1n) is 6.77. The van der Waals surface area contributed by atoms with E-state index in [1.165, 1.54) is 0 Å². The smallest absolute Gasteiger partial charge is 0.0964 e. The van der Waals surface area contributed by atoms with Crippen LogP contribution in [0.1, 0.15) is 17.1 Å². The van der Waals surface area contributed by atoms with Crippen molar-refractivity contribution in [2.75, 3.05) is 0 Å². The highest BCUT2D eigenvalue weighted by Crippen LogP contribution is 2.10. The number of nitrogens with zero attached hydrogens (tertiary/aromatic N) is 5. The van der Waals surface area contributed by atoms with Crippen molar-refractivity contribution in [2.45, 2.75) is 19.6 Å². The molecule has 106 valence electrons. The first-order valence-corrected chi connectivity index (χ1v) is 6.77. The molecule has 0 radical (unpaired) electrons. The van der Waals surface area contributed by atoms with Gasteiger partial charge in [0.25, 0.3) is 0 Å². The third-order valence-corrected chi connectivity index (χ3v) is 3.07. The fourth-order valence-electron chi connectivity index (χ4n) is 2.14. The minimum absolute atomic E-state index is 0.698. The van der Waals surface area contributed by atoms with Crippen molar-refractivity contribution < 1.29 is 0 Å². The molecule has 6 nitrogen and oxygen atoms in total. The molecule has 0 spiro atoms. The lowest BCUT2D eigenvalue weighted by molar-refractivity contribution is 0.238. The lowest BCUT2D eigenvalue weighted by Crippen LogP contribution is -2.23. The third-order valence-electron chi connectivity index (χ3n) is 3.07. The second kappa shape index (κ2) is 6.71. The van der Waals surface area contributed by atoms with Gasteiger partial charge in [0.05, 0.1) is 23.3 Å². The van der Waals surface area contributed by atoms with E-state index in [1.807, 2.05) is 48.8 Å². The summed E-state index contributed by atoms with van der Waals surface area (Å²) >= 11 is 0. The van der Waals surface area contributed by atoms with Crippen molar-refractivity contribution in [1.29, 1.82) is 0 Å². The molecule has 0 aromatic carbocycles. The second-order valence-corrected chi connectivity index (χ2v) is 4.75. The molecule has 0 saturated heterocycles. The molecule has 0 unspecified atom stereocenters. The van der Waals surface area contributed by atoms with Crippen molar-refractivity contribution >= 4 is 0 Å². The number of hydrogen-bond donors (Lipinski definition) is 1. The third kappa shape index (κ3) is 3.93. The average Bonchev–Trinajstić information content (AvgIpc) is 3.02. The summed E-state index contributed by atoms with van der Waals surface area (Å²) < 4.78 is 0. The van der Waals surface area contributed by atoms with Crippen LogP contribution >= 0.6 is 0 Å². The number of aromatic amines is 1. The van der Waals surface area contributed by atoms with Crippen LogP contribution < -0.4 is 0 Å². The molecule has 3 aromatic rings. The van der Waals surface area contributed by atoms with Gasteiger partial charge in [-0.25, -0.2) is 0 Å². The van der Waals surface area contributed by atoms with Gasteiger partial charge in [0.1, 0.15) is 0 Å². The Morgan fingerprint density at radius 3 is 1.90 bits per heavy atom. The van der Waals surface area contributed by atoms with Crippen molar-refractivity contribution in [3.05, 3.63) is 72.1 Å². The molecule has 3 rings (SSSR count). The van der Waals surface area contributed by atoms with E-state index in [9.17, 15) is 0 Å². The predicted octanol–water partition coefficient (Wildman–Crippen LogP) is 1.80. The number of aromatic nitrogens is 5. The summed E-state index contributed by atoms with van der Waals surface area (Å²) in [5.41, 5.74) is 2.95. The Labute approximate surface area is 122 Å². The molecule has 0 bridgehead atoms. The molecule has 0 aliphatic carbocycles. The highest BCUT2D eigenvalue weighted by atomic mass is 15.3. The predicted molar refractivity (Wildman–Crippen MR) is 77.8 cm³/mol. The summed E-state index contributed by atoms with van der Waals surface area (Å²) in [5, 5.41) is 10.6. The van der Waals surface area contributed by atoms with Crippen molar-refractivity contribution in [3.8, 4) is 0 Å². The first kappa shape index (κ1) is 13.4. The summed E-state index contributed by atoms with van der Waals surface area (Å²) in [6.07, 6.45) is 5.36. The van der Waals surface area contributed by atoms with Crippen LogP contribution in [0, 0.1) is 0 Å². The quantitative estimate of drug-likeness (QED) is 0.745. The van der Waals surface area contributed by atoms with Crippen LogP contribution in [0.4, 0.5) is 0 Å². The molecule has 1 N–H and O–H groups in total.